The van der Waals surface area contributed by atoms with Gasteiger partial charge < -0.3 is 21.1 Å². The van der Waals surface area contributed by atoms with Gasteiger partial charge in [0.05, 0.1) is 13.0 Å². The molecule has 0 aromatic rings. The first-order valence-corrected chi connectivity index (χ1v) is 26.8. The molecule has 7 nitrogen and oxygen atoms in total. The Morgan fingerprint density at radius 2 is 0.717 bits per heavy atom. The minimum absolute atomic E-state index is 0.0371. The molecule has 60 heavy (non-hydrogen) atoms. The second-order valence-corrected chi connectivity index (χ2v) is 18.6. The van der Waals surface area contributed by atoms with Crippen molar-refractivity contribution in [2.75, 3.05) is 26.2 Å². The smallest absolute Gasteiger partial charge is 0.324 e. The van der Waals surface area contributed by atoms with Gasteiger partial charge in [0.25, 0.3) is 0 Å². The summed E-state index contributed by atoms with van der Waals surface area (Å²) in [5, 5.41) is 29.3. The fourth-order valence-corrected chi connectivity index (χ4v) is 9.26. The van der Waals surface area contributed by atoms with Crippen molar-refractivity contribution >= 4 is 11.9 Å². The first-order valence-electron chi connectivity index (χ1n) is 26.8. The average Bonchev–Trinajstić information content (AvgIpc) is 3.24. The van der Waals surface area contributed by atoms with Gasteiger partial charge in [0, 0.05) is 6.54 Å². The summed E-state index contributed by atoms with van der Waals surface area (Å²) in [5.41, 5.74) is 3.68. The minimum Gasteiger partial charge on any atom is -0.481 e. The van der Waals surface area contributed by atoms with Crippen molar-refractivity contribution in [1.29, 1.82) is 0 Å². The van der Waals surface area contributed by atoms with Crippen LogP contribution in [0.15, 0.2) is 0 Å². The Bertz CT molecular complexity index is 870. The Kier molecular flexibility index (Phi) is 49.6. The van der Waals surface area contributed by atoms with Crippen LogP contribution in [-0.2, 0) is 9.59 Å². The van der Waals surface area contributed by atoms with E-state index < -0.39 is 17.5 Å². The molecule has 0 aromatic carbocycles. The average molecular weight is 853 g/mol. The first kappa shape index (κ1) is 60.9. The Hall–Kier alpha value is -1.18. The Labute approximate surface area is 375 Å². The molecule has 0 heterocycles. The van der Waals surface area contributed by atoms with E-state index in [1.54, 1.807) is 0 Å². The van der Waals surface area contributed by atoms with Crippen LogP contribution in [-0.4, -0.2) is 63.9 Å². The van der Waals surface area contributed by atoms with Crippen LogP contribution in [0.4, 0.5) is 0 Å². The quantitative estimate of drug-likeness (QED) is 0.0449. The molecular weight excluding hydrogens is 745 g/mol. The second-order valence-electron chi connectivity index (χ2n) is 18.6. The van der Waals surface area contributed by atoms with Gasteiger partial charge in [-0.2, -0.15) is 0 Å². The summed E-state index contributed by atoms with van der Waals surface area (Å²) in [6.07, 6.45) is 48.6. The maximum absolute atomic E-state index is 13.8. The molecule has 0 radical (unpaired) electrons. The Balaban J connectivity index is 0. The van der Waals surface area contributed by atoms with E-state index in [9.17, 15) is 19.8 Å². The maximum Gasteiger partial charge on any atom is 0.324 e. The lowest BCUT2D eigenvalue weighted by molar-refractivity contribution is -0.160. The van der Waals surface area contributed by atoms with Crippen LogP contribution >= 0.6 is 0 Å². The fraction of sp³-hybridized carbons (Fsp3) is 0.962. The molecule has 0 amide bonds. The molecule has 5 N–H and O–H groups in total. The molecule has 0 aliphatic heterocycles. The van der Waals surface area contributed by atoms with Crippen LogP contribution in [0.5, 0.6) is 0 Å². The zero-order valence-electron chi connectivity index (χ0n) is 41.1. The number of unbranched alkanes of at least 4 members (excludes halogenated alkanes) is 34. The number of rotatable bonds is 48. The number of aliphatic hydroxyl groups excluding tert-OH is 1. The number of aliphatic carboxylic acids is 2. The van der Waals surface area contributed by atoms with Gasteiger partial charge in [-0.1, -0.05) is 259 Å². The molecule has 7 heteroatoms. The fourth-order valence-electron chi connectivity index (χ4n) is 9.26. The molecule has 0 saturated heterocycles. The highest BCUT2D eigenvalue weighted by Gasteiger charge is 2.50. The van der Waals surface area contributed by atoms with Gasteiger partial charge in [-0.3, -0.25) is 14.5 Å². The maximum atomic E-state index is 13.8. The van der Waals surface area contributed by atoms with Gasteiger partial charge >= 0.3 is 11.9 Å². The first-order chi connectivity index (χ1) is 29.3. The lowest BCUT2D eigenvalue weighted by atomic mass is 9.73. The summed E-state index contributed by atoms with van der Waals surface area (Å²) in [6.45, 7) is 11.1. The summed E-state index contributed by atoms with van der Waals surface area (Å²) in [5.74, 6) is -1.95. The number of nitrogens with zero attached hydrogens (tertiary/aromatic N) is 1. The van der Waals surface area contributed by atoms with Gasteiger partial charge in [-0.25, -0.2) is 0 Å². The van der Waals surface area contributed by atoms with E-state index in [4.69, 9.17) is 10.8 Å². The van der Waals surface area contributed by atoms with Crippen LogP contribution in [0, 0.1) is 5.92 Å². The summed E-state index contributed by atoms with van der Waals surface area (Å²) in [6, 6.07) is 0. The van der Waals surface area contributed by atoms with Crippen molar-refractivity contribution in [3.05, 3.63) is 0 Å². The monoisotopic (exact) mass is 853 g/mol. The number of nitrogens with two attached hydrogens (primary N) is 1. The van der Waals surface area contributed by atoms with Crippen molar-refractivity contribution in [1.82, 2.24) is 4.90 Å². The Morgan fingerprint density at radius 3 is 0.983 bits per heavy atom. The number of aliphatic hydroxyl groups is 1. The van der Waals surface area contributed by atoms with Crippen LogP contribution in [0.25, 0.3) is 0 Å². The molecule has 2 atom stereocenters. The second kappa shape index (κ2) is 48.8. The number of carbonyl (C=O) groups is 2. The largest absolute Gasteiger partial charge is 0.481 e. The van der Waals surface area contributed by atoms with Gasteiger partial charge in [-0.15, -0.1) is 0 Å². The van der Waals surface area contributed by atoms with Gasteiger partial charge in [0.2, 0.25) is 0 Å². The Morgan fingerprint density at radius 1 is 0.450 bits per heavy atom. The van der Waals surface area contributed by atoms with E-state index in [1.165, 1.54) is 180 Å². The summed E-state index contributed by atoms with van der Waals surface area (Å²) in [7, 11) is 0. The number of carboxylic acid groups (broad SMARTS) is 2. The highest BCUT2D eigenvalue weighted by atomic mass is 16.4. The molecule has 0 fully saturated rings. The number of hydrogen-bond donors (Lipinski definition) is 4. The number of carboxylic acids is 2. The third kappa shape index (κ3) is 37.4. The number of hydrogen-bond acceptors (Lipinski definition) is 5. The van der Waals surface area contributed by atoms with Crippen molar-refractivity contribution in [3.8, 4) is 0 Å². The standard InChI is InChI=1S/C51H101NO4.C2H7NO/c1-5-9-13-17-21-23-25-26-27-28-29-30-32-34-38-42-46-52(45-41-37-33-31-24-22-18-14-10-6-2)51(50(55)56,44-40-36-20-16-12-8-4)48(47-49(53)54)43-39-35-19-15-11-7-3;3-1-2-4/h48H,5-47H2,1-4H3,(H,53,54)(H,55,56);4H,1-3H2/t48?,51-;/m0./s1. The lowest BCUT2D eigenvalue weighted by Crippen LogP contribution is -2.60. The van der Waals surface area contributed by atoms with Crippen molar-refractivity contribution in [2.45, 2.75) is 296 Å². The summed E-state index contributed by atoms with van der Waals surface area (Å²) >= 11 is 0. The van der Waals surface area contributed by atoms with Gasteiger partial charge in [-0.05, 0) is 44.7 Å². The zero-order valence-corrected chi connectivity index (χ0v) is 41.1. The molecule has 0 aromatic heterocycles. The van der Waals surface area contributed by atoms with E-state index in [0.29, 0.717) is 19.4 Å². The molecule has 0 saturated carbocycles. The van der Waals surface area contributed by atoms with Gasteiger partial charge in [0.15, 0.2) is 0 Å². The highest BCUT2D eigenvalue weighted by molar-refractivity contribution is 5.80. The van der Waals surface area contributed by atoms with E-state index in [1.807, 2.05) is 0 Å². The van der Waals surface area contributed by atoms with Gasteiger partial charge in [0.1, 0.15) is 5.54 Å². The van der Waals surface area contributed by atoms with Crippen molar-refractivity contribution in [3.63, 3.8) is 0 Å². The molecule has 0 spiro atoms. The molecule has 0 bridgehead atoms. The van der Waals surface area contributed by atoms with Crippen LogP contribution < -0.4 is 5.73 Å². The topological polar surface area (TPSA) is 124 Å². The van der Waals surface area contributed by atoms with E-state index in [-0.39, 0.29) is 18.9 Å². The molecule has 0 aliphatic carbocycles. The van der Waals surface area contributed by atoms with Crippen molar-refractivity contribution in [2.24, 2.45) is 11.7 Å². The SMILES string of the molecule is CCCCCCCCCCCCCCCCCCN(CCCCCCCCCCCC)[C@](CCCCCCCC)(C(=O)O)C(CCCCCCCC)CC(=O)O.NCCO. The van der Waals surface area contributed by atoms with Crippen molar-refractivity contribution < 1.29 is 24.9 Å². The third-order valence-corrected chi connectivity index (χ3v) is 13.0. The molecule has 1 unspecified atom stereocenters. The summed E-state index contributed by atoms with van der Waals surface area (Å²) in [4.78, 5) is 28.7. The normalized spacial score (nSPS) is 13.0. The minimum atomic E-state index is -1.10. The van der Waals surface area contributed by atoms with E-state index >= 15 is 0 Å². The highest BCUT2D eigenvalue weighted by Crippen LogP contribution is 2.38. The predicted octanol–water partition coefficient (Wildman–Crippen LogP) is 15.8. The molecule has 360 valence electrons. The predicted molar refractivity (Wildman–Crippen MR) is 261 cm³/mol. The molecule has 0 rings (SSSR count). The van der Waals surface area contributed by atoms with E-state index in [0.717, 1.165) is 77.3 Å². The van der Waals surface area contributed by atoms with Crippen LogP contribution in [0.1, 0.15) is 291 Å². The van der Waals surface area contributed by atoms with E-state index in [2.05, 4.69) is 32.6 Å². The summed E-state index contributed by atoms with van der Waals surface area (Å²) < 4.78 is 0. The third-order valence-electron chi connectivity index (χ3n) is 13.0. The zero-order chi connectivity index (χ0) is 44.6. The lowest BCUT2D eigenvalue weighted by Gasteiger charge is -2.46. The molecule has 0 aliphatic rings. The van der Waals surface area contributed by atoms with Crippen LogP contribution in [0.3, 0.4) is 0 Å². The molecular formula is C53H108N2O5. The van der Waals surface area contributed by atoms with Crippen LogP contribution in [0.2, 0.25) is 0 Å².